The molecule has 160 valence electrons. The van der Waals surface area contributed by atoms with Gasteiger partial charge in [0.25, 0.3) is 0 Å². The lowest BCUT2D eigenvalue weighted by Gasteiger charge is -2.26. The Morgan fingerprint density at radius 2 is 2.10 bits per heavy atom. The number of furan rings is 1. The lowest BCUT2D eigenvalue weighted by atomic mass is 10.2. The number of nitrogens with zero attached hydrogens (tertiary/aromatic N) is 1. The van der Waals surface area contributed by atoms with Crippen molar-refractivity contribution >= 4 is 12.0 Å². The van der Waals surface area contributed by atoms with E-state index in [1.54, 1.807) is 6.08 Å². The van der Waals surface area contributed by atoms with E-state index in [-0.39, 0.29) is 5.91 Å². The van der Waals surface area contributed by atoms with Gasteiger partial charge in [0, 0.05) is 38.2 Å². The molecule has 1 saturated carbocycles. The molecule has 2 atom stereocenters. The number of amides is 1. The van der Waals surface area contributed by atoms with Crippen molar-refractivity contribution in [1.82, 2.24) is 10.2 Å². The van der Waals surface area contributed by atoms with Crippen LogP contribution < -0.4 is 10.1 Å². The van der Waals surface area contributed by atoms with E-state index in [9.17, 15) is 4.79 Å². The minimum atomic E-state index is -0.147. The number of nitrogens with one attached hydrogen (secondary N) is 1. The summed E-state index contributed by atoms with van der Waals surface area (Å²) in [6.07, 6.45) is 4.42. The van der Waals surface area contributed by atoms with Crippen LogP contribution in [0.4, 0.5) is 0 Å². The van der Waals surface area contributed by atoms with Crippen LogP contribution in [0.15, 0.2) is 46.9 Å². The van der Waals surface area contributed by atoms with E-state index >= 15 is 0 Å². The number of hydrogen-bond donors (Lipinski definition) is 1. The van der Waals surface area contributed by atoms with Gasteiger partial charge in [-0.15, -0.1) is 0 Å². The van der Waals surface area contributed by atoms with E-state index < -0.39 is 0 Å². The number of ether oxygens (including phenoxy) is 2. The summed E-state index contributed by atoms with van der Waals surface area (Å²) in [6.45, 7) is 7.72. The third kappa shape index (κ3) is 5.97. The quantitative estimate of drug-likeness (QED) is 0.642. The molecule has 4 rings (SSSR count). The maximum atomic E-state index is 12.1. The third-order valence-corrected chi connectivity index (χ3v) is 5.67. The first-order chi connectivity index (χ1) is 14.7. The number of carbonyl (C=O) groups excluding carboxylic acids is 1. The Bertz CT molecular complexity index is 870. The molecule has 0 bridgehead atoms. The SMILES string of the molecule is CC1CC1c1ccc(/C=C/C(=O)NCc2cccc(OCCN3CCOCC3)c2)o1. The van der Waals surface area contributed by atoms with E-state index in [4.69, 9.17) is 13.9 Å². The molecule has 30 heavy (non-hydrogen) atoms. The fourth-order valence-electron chi connectivity index (χ4n) is 3.64. The molecule has 2 heterocycles. The van der Waals surface area contributed by atoms with E-state index in [1.807, 2.05) is 36.4 Å². The van der Waals surface area contributed by atoms with Gasteiger partial charge in [0.05, 0.1) is 13.2 Å². The molecule has 2 aliphatic rings. The normalized spacial score (nSPS) is 21.6. The minimum absolute atomic E-state index is 0.147. The van der Waals surface area contributed by atoms with Crippen molar-refractivity contribution in [3.05, 3.63) is 59.6 Å². The van der Waals surface area contributed by atoms with E-state index in [1.165, 1.54) is 12.5 Å². The molecule has 2 unspecified atom stereocenters. The number of benzene rings is 1. The van der Waals surface area contributed by atoms with E-state index in [0.717, 1.165) is 55.7 Å². The smallest absolute Gasteiger partial charge is 0.244 e. The van der Waals surface area contributed by atoms with Crippen molar-refractivity contribution < 1.29 is 18.7 Å². The first kappa shape index (κ1) is 20.7. The van der Waals surface area contributed by atoms with Crippen LogP contribution in [0.3, 0.4) is 0 Å². The Hall–Kier alpha value is -2.57. The highest BCUT2D eigenvalue weighted by molar-refractivity contribution is 5.91. The van der Waals surface area contributed by atoms with Gasteiger partial charge in [0.15, 0.2) is 0 Å². The fourth-order valence-corrected chi connectivity index (χ4v) is 3.64. The topological polar surface area (TPSA) is 63.9 Å². The van der Waals surface area contributed by atoms with Gasteiger partial charge in [0.1, 0.15) is 23.9 Å². The molecular weight excluding hydrogens is 380 g/mol. The highest BCUT2D eigenvalue weighted by Gasteiger charge is 2.36. The molecule has 1 aliphatic carbocycles. The largest absolute Gasteiger partial charge is 0.492 e. The molecule has 1 aliphatic heterocycles. The van der Waals surface area contributed by atoms with E-state index in [2.05, 4.69) is 17.1 Å². The van der Waals surface area contributed by atoms with E-state index in [0.29, 0.717) is 25.0 Å². The van der Waals surface area contributed by atoms with Gasteiger partial charge in [-0.25, -0.2) is 0 Å². The maximum absolute atomic E-state index is 12.1. The number of carbonyl (C=O) groups is 1. The predicted octanol–water partition coefficient (Wildman–Crippen LogP) is 3.44. The second-order valence-corrected chi connectivity index (χ2v) is 8.06. The van der Waals surface area contributed by atoms with Crippen LogP contribution in [-0.2, 0) is 16.1 Å². The zero-order chi connectivity index (χ0) is 20.8. The molecule has 0 spiro atoms. The molecule has 1 aromatic heterocycles. The summed E-state index contributed by atoms with van der Waals surface area (Å²) in [4.78, 5) is 14.5. The standard InChI is InChI=1S/C24H30N2O4/c1-18-15-22(18)23-7-5-20(30-23)6-8-24(27)25-17-19-3-2-4-21(16-19)29-14-11-26-9-12-28-13-10-26/h2-8,16,18,22H,9-15,17H2,1H3,(H,25,27)/b8-6+. The van der Waals surface area contributed by atoms with Crippen molar-refractivity contribution in [2.75, 3.05) is 39.5 Å². The fraction of sp³-hybridized carbons (Fsp3) is 0.458. The van der Waals surface area contributed by atoms with Crippen LogP contribution in [0.1, 0.15) is 36.3 Å². The molecule has 1 aromatic carbocycles. The van der Waals surface area contributed by atoms with Crippen LogP contribution in [0.5, 0.6) is 5.75 Å². The first-order valence-electron chi connectivity index (χ1n) is 10.7. The molecule has 6 heteroatoms. The summed E-state index contributed by atoms with van der Waals surface area (Å²) in [5, 5.41) is 2.91. The van der Waals surface area contributed by atoms with Gasteiger partial charge >= 0.3 is 0 Å². The monoisotopic (exact) mass is 410 g/mol. The summed E-state index contributed by atoms with van der Waals surface area (Å²) in [5.41, 5.74) is 1.00. The average Bonchev–Trinajstić information content (AvgIpc) is 3.31. The predicted molar refractivity (Wildman–Crippen MR) is 115 cm³/mol. The zero-order valence-corrected chi connectivity index (χ0v) is 17.5. The molecule has 1 amide bonds. The summed E-state index contributed by atoms with van der Waals surface area (Å²) >= 11 is 0. The zero-order valence-electron chi connectivity index (χ0n) is 17.5. The highest BCUT2D eigenvalue weighted by atomic mass is 16.5. The van der Waals surface area contributed by atoms with Gasteiger partial charge in [-0.3, -0.25) is 9.69 Å². The summed E-state index contributed by atoms with van der Waals surface area (Å²) < 4.78 is 17.0. The lowest BCUT2D eigenvalue weighted by molar-refractivity contribution is -0.116. The van der Waals surface area contributed by atoms with Crippen LogP contribution in [0.2, 0.25) is 0 Å². The van der Waals surface area contributed by atoms with Crippen molar-refractivity contribution in [2.45, 2.75) is 25.8 Å². The molecule has 6 nitrogen and oxygen atoms in total. The van der Waals surface area contributed by atoms with Crippen LogP contribution in [0, 0.1) is 5.92 Å². The second-order valence-electron chi connectivity index (χ2n) is 8.06. The Kier molecular flexibility index (Phi) is 6.87. The summed E-state index contributed by atoms with van der Waals surface area (Å²) in [5.74, 6) is 3.66. The first-order valence-corrected chi connectivity index (χ1v) is 10.7. The molecular formula is C24H30N2O4. The van der Waals surface area contributed by atoms with Crippen LogP contribution in [-0.4, -0.2) is 50.3 Å². The summed E-state index contributed by atoms with van der Waals surface area (Å²) in [7, 11) is 0. The average molecular weight is 411 g/mol. The Balaban J connectivity index is 1.19. The molecule has 0 radical (unpaired) electrons. The van der Waals surface area contributed by atoms with Gasteiger partial charge in [-0.05, 0) is 48.2 Å². The molecule has 1 N–H and O–H groups in total. The van der Waals surface area contributed by atoms with Gasteiger partial charge in [-0.2, -0.15) is 0 Å². The third-order valence-electron chi connectivity index (χ3n) is 5.67. The second kappa shape index (κ2) is 9.96. The molecule has 2 aromatic rings. The van der Waals surface area contributed by atoms with Crippen molar-refractivity contribution in [1.29, 1.82) is 0 Å². The van der Waals surface area contributed by atoms with Crippen LogP contribution in [0.25, 0.3) is 6.08 Å². The van der Waals surface area contributed by atoms with Crippen molar-refractivity contribution in [3.63, 3.8) is 0 Å². The molecule has 2 fully saturated rings. The highest BCUT2D eigenvalue weighted by Crippen LogP contribution is 2.47. The number of morpholine rings is 1. The summed E-state index contributed by atoms with van der Waals surface area (Å²) in [6, 6.07) is 11.8. The minimum Gasteiger partial charge on any atom is -0.492 e. The lowest BCUT2D eigenvalue weighted by Crippen LogP contribution is -2.38. The maximum Gasteiger partial charge on any atom is 0.244 e. The molecule has 1 saturated heterocycles. The number of rotatable bonds is 9. The van der Waals surface area contributed by atoms with Crippen molar-refractivity contribution in [3.8, 4) is 5.75 Å². The van der Waals surface area contributed by atoms with Gasteiger partial charge in [0.2, 0.25) is 5.91 Å². The Morgan fingerprint density at radius 1 is 1.27 bits per heavy atom. The Labute approximate surface area is 177 Å². The van der Waals surface area contributed by atoms with Crippen molar-refractivity contribution in [2.24, 2.45) is 5.92 Å². The van der Waals surface area contributed by atoms with Gasteiger partial charge < -0.3 is 19.2 Å². The van der Waals surface area contributed by atoms with Gasteiger partial charge in [-0.1, -0.05) is 19.1 Å². The Morgan fingerprint density at radius 3 is 2.90 bits per heavy atom. The number of hydrogen-bond acceptors (Lipinski definition) is 5. The van der Waals surface area contributed by atoms with Crippen LogP contribution >= 0.6 is 0 Å².